The zero-order valence-electron chi connectivity index (χ0n) is 10.8. The Kier molecular flexibility index (Phi) is 3.27. The molecule has 7 heteroatoms. The van der Waals surface area contributed by atoms with Gasteiger partial charge in [0.1, 0.15) is 17.3 Å². The fourth-order valence-electron chi connectivity index (χ4n) is 2.15. The van der Waals surface area contributed by atoms with E-state index in [-0.39, 0.29) is 16.9 Å². The zero-order valence-corrected chi connectivity index (χ0v) is 10.8. The lowest BCUT2D eigenvalue weighted by atomic mass is 10.0. The first-order valence-electron chi connectivity index (χ1n) is 5.84. The average Bonchev–Trinajstić information content (AvgIpc) is 2.26. The summed E-state index contributed by atoms with van der Waals surface area (Å²) < 4.78 is 0. The van der Waals surface area contributed by atoms with Crippen molar-refractivity contribution in [3.8, 4) is 6.07 Å². The summed E-state index contributed by atoms with van der Waals surface area (Å²) in [7, 11) is 3.92. The molecular weight excluding hydrogens is 246 g/mol. The number of nitrogens with two attached hydrogens (primary N) is 1. The minimum absolute atomic E-state index is 0.0667. The van der Waals surface area contributed by atoms with Gasteiger partial charge in [0.05, 0.1) is 10.6 Å². The number of nitro groups is 1. The molecule has 0 aliphatic carbocycles. The molecule has 0 bridgehead atoms. The number of hydrogen-bond acceptors (Lipinski definition) is 6. The predicted octanol–water partition coefficient (Wildman–Crippen LogP) is 0.799. The van der Waals surface area contributed by atoms with Crippen molar-refractivity contribution >= 4 is 17.1 Å². The van der Waals surface area contributed by atoms with Crippen LogP contribution in [0.2, 0.25) is 0 Å². The molecule has 1 aliphatic heterocycles. The Hall–Kier alpha value is -2.33. The van der Waals surface area contributed by atoms with Crippen molar-refractivity contribution < 1.29 is 4.92 Å². The molecule has 1 aromatic rings. The Balaban J connectivity index is 2.41. The van der Waals surface area contributed by atoms with Crippen LogP contribution in [0.4, 0.5) is 17.1 Å². The van der Waals surface area contributed by atoms with E-state index in [1.807, 2.05) is 25.1 Å². The number of likely N-dealkylation sites (N-methyl/N-ethyl adjacent to an activating group) is 1. The molecule has 0 aromatic heterocycles. The molecule has 0 atom stereocenters. The molecule has 19 heavy (non-hydrogen) atoms. The second kappa shape index (κ2) is 4.74. The minimum atomic E-state index is -0.474. The number of nitrogens with zero attached hydrogens (tertiary/aromatic N) is 4. The molecule has 1 heterocycles. The number of anilines is 2. The van der Waals surface area contributed by atoms with Crippen molar-refractivity contribution in [2.24, 2.45) is 0 Å². The van der Waals surface area contributed by atoms with E-state index in [1.54, 1.807) is 0 Å². The van der Waals surface area contributed by atoms with Crippen LogP contribution in [0.3, 0.4) is 0 Å². The third kappa shape index (κ3) is 2.18. The molecule has 2 rings (SSSR count). The van der Waals surface area contributed by atoms with Gasteiger partial charge >= 0.3 is 0 Å². The van der Waals surface area contributed by atoms with E-state index in [0.29, 0.717) is 24.8 Å². The van der Waals surface area contributed by atoms with Crippen LogP contribution in [0.5, 0.6) is 0 Å². The maximum absolute atomic E-state index is 11.1. The normalized spacial score (nSPS) is 15.2. The summed E-state index contributed by atoms with van der Waals surface area (Å²) in [5.74, 6) is 0. The number of hydrogen-bond donors (Lipinski definition) is 1. The highest BCUT2D eigenvalue weighted by Crippen LogP contribution is 2.37. The topological polar surface area (TPSA) is 99.4 Å². The smallest absolute Gasteiger partial charge is 0.294 e. The zero-order chi connectivity index (χ0) is 14.2. The van der Waals surface area contributed by atoms with E-state index in [9.17, 15) is 10.1 Å². The first-order chi connectivity index (χ1) is 8.95. The molecule has 2 N–H and O–H groups in total. The van der Waals surface area contributed by atoms with Gasteiger partial charge in [0.2, 0.25) is 0 Å². The van der Waals surface area contributed by atoms with Gasteiger partial charge in [-0.25, -0.2) is 0 Å². The molecule has 1 fully saturated rings. The van der Waals surface area contributed by atoms with Crippen molar-refractivity contribution in [1.29, 1.82) is 5.26 Å². The van der Waals surface area contributed by atoms with Crippen molar-refractivity contribution in [2.45, 2.75) is 6.04 Å². The van der Waals surface area contributed by atoms with Crippen LogP contribution < -0.4 is 10.6 Å². The van der Waals surface area contributed by atoms with Gasteiger partial charge in [-0.3, -0.25) is 10.1 Å². The van der Waals surface area contributed by atoms with Crippen LogP contribution in [0, 0.1) is 21.4 Å². The lowest BCUT2D eigenvalue weighted by Gasteiger charge is -2.44. The summed E-state index contributed by atoms with van der Waals surface area (Å²) in [5, 5.41) is 20.2. The van der Waals surface area contributed by atoms with E-state index in [0.717, 1.165) is 0 Å². The highest BCUT2D eigenvalue weighted by molar-refractivity contribution is 5.79. The third-order valence-electron chi connectivity index (χ3n) is 3.41. The Bertz CT molecular complexity index is 558. The molecule has 1 aromatic carbocycles. The van der Waals surface area contributed by atoms with E-state index in [2.05, 4.69) is 4.90 Å². The van der Waals surface area contributed by atoms with Crippen LogP contribution in [0.15, 0.2) is 12.1 Å². The fourth-order valence-corrected chi connectivity index (χ4v) is 2.15. The lowest BCUT2D eigenvalue weighted by Crippen LogP contribution is -2.57. The highest BCUT2D eigenvalue weighted by atomic mass is 16.6. The summed E-state index contributed by atoms with van der Waals surface area (Å²) >= 11 is 0. The standard InChI is InChI=1S/C12H15N5O2/c1-15(2)8-6-16(7-8)12-9(5-13)10(14)3-4-11(12)17(18)19/h3-4,8H,6-7,14H2,1-2H3. The van der Waals surface area contributed by atoms with E-state index < -0.39 is 4.92 Å². The molecule has 7 nitrogen and oxygen atoms in total. The van der Waals surface area contributed by atoms with Gasteiger partial charge < -0.3 is 15.5 Å². The van der Waals surface area contributed by atoms with Gasteiger partial charge in [-0.15, -0.1) is 0 Å². The summed E-state index contributed by atoms with van der Waals surface area (Å²) in [6.07, 6.45) is 0. The molecule has 0 saturated carbocycles. The van der Waals surface area contributed by atoms with Crippen LogP contribution in [0.1, 0.15) is 5.56 Å². The Morgan fingerprint density at radius 2 is 2.16 bits per heavy atom. The first-order valence-corrected chi connectivity index (χ1v) is 5.84. The first kappa shape index (κ1) is 13.1. The van der Waals surface area contributed by atoms with E-state index in [1.165, 1.54) is 12.1 Å². The van der Waals surface area contributed by atoms with Crippen molar-refractivity contribution in [3.05, 3.63) is 27.8 Å². The summed E-state index contributed by atoms with van der Waals surface area (Å²) in [4.78, 5) is 14.5. The Morgan fingerprint density at radius 3 is 2.63 bits per heavy atom. The monoisotopic (exact) mass is 261 g/mol. The summed E-state index contributed by atoms with van der Waals surface area (Å²) in [6.45, 7) is 1.32. The molecule has 100 valence electrons. The van der Waals surface area contributed by atoms with Crippen molar-refractivity contribution in [3.63, 3.8) is 0 Å². The number of nitro benzene ring substituents is 1. The molecule has 0 amide bonds. The molecule has 0 unspecified atom stereocenters. The Morgan fingerprint density at radius 1 is 1.53 bits per heavy atom. The predicted molar refractivity (Wildman–Crippen MR) is 71.9 cm³/mol. The third-order valence-corrected chi connectivity index (χ3v) is 3.41. The lowest BCUT2D eigenvalue weighted by molar-refractivity contribution is -0.384. The van der Waals surface area contributed by atoms with Gasteiger partial charge in [0, 0.05) is 25.2 Å². The number of nitrogen functional groups attached to an aromatic ring is 1. The fraction of sp³-hybridized carbons (Fsp3) is 0.417. The quantitative estimate of drug-likeness (QED) is 0.491. The highest BCUT2D eigenvalue weighted by Gasteiger charge is 2.35. The van der Waals surface area contributed by atoms with Crippen LogP contribution >= 0.6 is 0 Å². The summed E-state index contributed by atoms with van der Waals surface area (Å²) in [5.41, 5.74) is 6.46. The van der Waals surface area contributed by atoms with Crippen molar-refractivity contribution in [1.82, 2.24) is 4.90 Å². The molecule has 1 saturated heterocycles. The molecule has 0 radical (unpaired) electrons. The minimum Gasteiger partial charge on any atom is -0.398 e. The molecule has 0 spiro atoms. The largest absolute Gasteiger partial charge is 0.398 e. The maximum atomic E-state index is 11.1. The SMILES string of the molecule is CN(C)C1CN(c2c([N+](=O)[O-])ccc(N)c2C#N)C1. The van der Waals surface area contributed by atoms with Crippen LogP contribution in [0.25, 0.3) is 0 Å². The van der Waals surface area contributed by atoms with Gasteiger partial charge in [-0.05, 0) is 20.2 Å². The van der Waals surface area contributed by atoms with Gasteiger partial charge in [0.25, 0.3) is 5.69 Å². The number of benzene rings is 1. The second-order valence-corrected chi connectivity index (χ2v) is 4.79. The van der Waals surface area contributed by atoms with E-state index in [4.69, 9.17) is 11.0 Å². The average molecular weight is 261 g/mol. The van der Waals surface area contributed by atoms with Crippen LogP contribution in [-0.2, 0) is 0 Å². The number of nitriles is 1. The Labute approximate surface area is 111 Å². The second-order valence-electron chi connectivity index (χ2n) is 4.79. The van der Waals surface area contributed by atoms with Crippen LogP contribution in [-0.4, -0.2) is 43.0 Å². The van der Waals surface area contributed by atoms with Crippen molar-refractivity contribution in [2.75, 3.05) is 37.8 Å². The van der Waals surface area contributed by atoms with E-state index >= 15 is 0 Å². The van der Waals surface area contributed by atoms with Gasteiger partial charge in [-0.2, -0.15) is 5.26 Å². The molecular formula is C12H15N5O2. The number of rotatable bonds is 3. The summed E-state index contributed by atoms with van der Waals surface area (Å²) in [6, 6.07) is 5.07. The maximum Gasteiger partial charge on any atom is 0.294 e. The van der Waals surface area contributed by atoms with Gasteiger partial charge in [0.15, 0.2) is 0 Å². The molecule has 1 aliphatic rings. The van der Waals surface area contributed by atoms with Gasteiger partial charge in [-0.1, -0.05) is 0 Å².